The predicted octanol–water partition coefficient (Wildman–Crippen LogP) is 1.69. The Kier molecular flexibility index (Phi) is 4.89. The highest BCUT2D eigenvalue weighted by atomic mass is 16.5. The summed E-state index contributed by atoms with van der Waals surface area (Å²) in [6, 6.07) is 9.53. The summed E-state index contributed by atoms with van der Waals surface area (Å²) < 4.78 is 5.03. The molecule has 98 valence electrons. The zero-order chi connectivity index (χ0) is 13.6. The molecule has 1 rings (SSSR count). The molecule has 1 N–H and O–H groups in total. The number of hydrogen-bond acceptors (Lipinski definition) is 3. The lowest BCUT2D eigenvalue weighted by atomic mass is 9.92. The summed E-state index contributed by atoms with van der Waals surface area (Å²) in [6.07, 6.45) is 0.409. The van der Waals surface area contributed by atoms with Gasteiger partial charge in [0.25, 0.3) is 0 Å². The monoisotopic (exact) mass is 249 g/mol. The number of benzene rings is 1. The fourth-order valence-electron chi connectivity index (χ4n) is 1.85. The summed E-state index contributed by atoms with van der Waals surface area (Å²) in [4.78, 5) is 23.2. The van der Waals surface area contributed by atoms with E-state index in [-0.39, 0.29) is 5.91 Å². The number of rotatable bonds is 5. The average molecular weight is 249 g/mol. The molecule has 0 aliphatic heterocycles. The molecule has 0 unspecified atom stereocenters. The van der Waals surface area contributed by atoms with Crippen molar-refractivity contribution in [2.75, 3.05) is 6.61 Å². The van der Waals surface area contributed by atoms with Gasteiger partial charge in [0.15, 0.2) is 0 Å². The van der Waals surface area contributed by atoms with Crippen LogP contribution in [0.5, 0.6) is 0 Å². The van der Waals surface area contributed by atoms with E-state index in [1.165, 1.54) is 6.92 Å². The van der Waals surface area contributed by atoms with Crippen LogP contribution in [0, 0.1) is 0 Å². The normalized spacial score (nSPS) is 13.5. The molecule has 1 aromatic rings. The minimum absolute atomic E-state index is 0.249. The average Bonchev–Trinajstić information content (AvgIpc) is 2.29. The van der Waals surface area contributed by atoms with E-state index in [0.717, 1.165) is 5.56 Å². The second-order valence-electron chi connectivity index (χ2n) is 4.40. The number of carbonyl (C=O) groups excluding carboxylic acids is 2. The molecule has 0 aliphatic carbocycles. The first-order chi connectivity index (χ1) is 8.48. The van der Waals surface area contributed by atoms with Crippen LogP contribution in [0.3, 0.4) is 0 Å². The lowest BCUT2D eigenvalue weighted by molar-refractivity contribution is -0.152. The molecule has 1 atom stereocenters. The first-order valence-corrected chi connectivity index (χ1v) is 5.98. The van der Waals surface area contributed by atoms with Crippen molar-refractivity contribution in [3.8, 4) is 0 Å². The molecule has 4 nitrogen and oxygen atoms in total. The van der Waals surface area contributed by atoms with Crippen molar-refractivity contribution in [3.05, 3.63) is 35.9 Å². The largest absolute Gasteiger partial charge is 0.464 e. The van der Waals surface area contributed by atoms with Gasteiger partial charge in [0.2, 0.25) is 5.91 Å². The first-order valence-electron chi connectivity index (χ1n) is 5.98. The van der Waals surface area contributed by atoms with Crippen molar-refractivity contribution < 1.29 is 14.3 Å². The maximum Gasteiger partial charge on any atom is 0.331 e. The maximum atomic E-state index is 12.0. The van der Waals surface area contributed by atoms with Crippen molar-refractivity contribution in [3.63, 3.8) is 0 Å². The highest BCUT2D eigenvalue weighted by Crippen LogP contribution is 2.15. The molecule has 0 saturated heterocycles. The summed E-state index contributed by atoms with van der Waals surface area (Å²) in [5, 5.41) is 2.68. The number of ether oxygens (including phenoxy) is 1. The van der Waals surface area contributed by atoms with Crippen LogP contribution in [-0.2, 0) is 20.7 Å². The molecule has 4 heteroatoms. The molecule has 0 radical (unpaired) electrons. The minimum atomic E-state index is -1.02. The van der Waals surface area contributed by atoms with E-state index >= 15 is 0 Å². The van der Waals surface area contributed by atoms with Crippen LogP contribution in [0.1, 0.15) is 26.3 Å². The van der Waals surface area contributed by atoms with Crippen molar-refractivity contribution in [2.45, 2.75) is 32.7 Å². The summed E-state index contributed by atoms with van der Waals surface area (Å²) in [6.45, 7) is 5.11. The van der Waals surface area contributed by atoms with Crippen LogP contribution in [-0.4, -0.2) is 24.0 Å². The molecular formula is C14H19NO3. The highest BCUT2D eigenvalue weighted by molar-refractivity contribution is 5.87. The van der Waals surface area contributed by atoms with Crippen LogP contribution in [0.2, 0.25) is 0 Å². The lowest BCUT2D eigenvalue weighted by Gasteiger charge is -2.28. The van der Waals surface area contributed by atoms with Gasteiger partial charge < -0.3 is 10.1 Å². The standard InChI is InChI=1S/C14H19NO3/c1-4-18-13(17)14(3,15-11(2)16)10-12-8-6-5-7-9-12/h5-9H,4,10H2,1-3H3,(H,15,16)/t14-/m1/s1. The topological polar surface area (TPSA) is 55.4 Å². The predicted molar refractivity (Wildman–Crippen MR) is 69.0 cm³/mol. The van der Waals surface area contributed by atoms with E-state index < -0.39 is 11.5 Å². The molecule has 0 heterocycles. The van der Waals surface area contributed by atoms with E-state index in [4.69, 9.17) is 4.74 Å². The Morgan fingerprint density at radius 3 is 2.39 bits per heavy atom. The Hall–Kier alpha value is -1.84. The number of hydrogen-bond donors (Lipinski definition) is 1. The molecule has 0 spiro atoms. The lowest BCUT2D eigenvalue weighted by Crippen LogP contribution is -2.54. The van der Waals surface area contributed by atoms with E-state index in [1.807, 2.05) is 30.3 Å². The summed E-state index contributed by atoms with van der Waals surface area (Å²) in [5.41, 5.74) is -0.0507. The van der Waals surface area contributed by atoms with Crippen molar-refractivity contribution in [2.24, 2.45) is 0 Å². The third kappa shape index (κ3) is 3.87. The van der Waals surface area contributed by atoms with Crippen LogP contribution in [0.15, 0.2) is 30.3 Å². The van der Waals surface area contributed by atoms with Crippen molar-refractivity contribution in [1.29, 1.82) is 0 Å². The van der Waals surface area contributed by atoms with Gasteiger partial charge in [0, 0.05) is 13.3 Å². The number of amides is 1. The molecule has 0 fully saturated rings. The number of nitrogens with one attached hydrogen (secondary N) is 1. The molecule has 0 bridgehead atoms. The Labute approximate surface area is 107 Å². The van der Waals surface area contributed by atoms with Crippen LogP contribution < -0.4 is 5.32 Å². The van der Waals surface area contributed by atoms with Gasteiger partial charge in [-0.05, 0) is 19.4 Å². The third-order valence-corrected chi connectivity index (χ3v) is 2.58. The van der Waals surface area contributed by atoms with Crippen molar-refractivity contribution >= 4 is 11.9 Å². The molecular weight excluding hydrogens is 230 g/mol. The van der Waals surface area contributed by atoms with Gasteiger partial charge in [0.1, 0.15) is 5.54 Å². The number of esters is 1. The fourth-order valence-corrected chi connectivity index (χ4v) is 1.85. The molecule has 18 heavy (non-hydrogen) atoms. The van der Waals surface area contributed by atoms with Gasteiger partial charge in [-0.1, -0.05) is 30.3 Å². The smallest absolute Gasteiger partial charge is 0.331 e. The van der Waals surface area contributed by atoms with Gasteiger partial charge >= 0.3 is 5.97 Å². The van der Waals surface area contributed by atoms with Crippen LogP contribution in [0.25, 0.3) is 0 Å². The molecule has 0 aliphatic rings. The molecule has 0 aromatic heterocycles. The van der Waals surface area contributed by atoms with Gasteiger partial charge in [-0.2, -0.15) is 0 Å². The zero-order valence-electron chi connectivity index (χ0n) is 11.0. The fraction of sp³-hybridized carbons (Fsp3) is 0.429. The van der Waals surface area contributed by atoms with Crippen LogP contribution >= 0.6 is 0 Å². The first kappa shape index (κ1) is 14.2. The Morgan fingerprint density at radius 2 is 1.89 bits per heavy atom. The summed E-state index contributed by atoms with van der Waals surface area (Å²) in [5.74, 6) is -0.662. The molecule has 1 amide bonds. The van der Waals surface area contributed by atoms with Gasteiger partial charge in [-0.25, -0.2) is 4.79 Å². The minimum Gasteiger partial charge on any atom is -0.464 e. The molecule has 0 saturated carbocycles. The molecule has 1 aromatic carbocycles. The maximum absolute atomic E-state index is 12.0. The quantitative estimate of drug-likeness (QED) is 0.808. The van der Waals surface area contributed by atoms with E-state index in [0.29, 0.717) is 13.0 Å². The van der Waals surface area contributed by atoms with Crippen LogP contribution in [0.4, 0.5) is 0 Å². The Balaban J connectivity index is 2.90. The van der Waals surface area contributed by atoms with E-state index in [9.17, 15) is 9.59 Å². The zero-order valence-corrected chi connectivity index (χ0v) is 11.0. The van der Waals surface area contributed by atoms with Gasteiger partial charge in [-0.15, -0.1) is 0 Å². The van der Waals surface area contributed by atoms with Gasteiger partial charge in [-0.3, -0.25) is 4.79 Å². The second kappa shape index (κ2) is 6.19. The number of carbonyl (C=O) groups is 2. The van der Waals surface area contributed by atoms with E-state index in [1.54, 1.807) is 13.8 Å². The highest BCUT2D eigenvalue weighted by Gasteiger charge is 2.35. The SMILES string of the molecule is CCOC(=O)[C@@](C)(Cc1ccccc1)NC(C)=O. The Morgan fingerprint density at radius 1 is 1.28 bits per heavy atom. The second-order valence-corrected chi connectivity index (χ2v) is 4.40. The van der Waals surface area contributed by atoms with Crippen molar-refractivity contribution in [1.82, 2.24) is 5.32 Å². The Bertz CT molecular complexity index is 416. The van der Waals surface area contributed by atoms with E-state index in [2.05, 4.69) is 5.32 Å². The third-order valence-electron chi connectivity index (χ3n) is 2.58. The summed E-state index contributed by atoms with van der Waals surface area (Å²) >= 11 is 0. The van der Waals surface area contributed by atoms with Gasteiger partial charge in [0.05, 0.1) is 6.61 Å². The summed E-state index contributed by atoms with van der Waals surface area (Å²) in [7, 11) is 0.